The van der Waals surface area contributed by atoms with Gasteiger partial charge in [-0.05, 0) is 43.2 Å². The molecule has 2 aromatic heterocycles. The molecule has 0 aliphatic carbocycles. The summed E-state index contributed by atoms with van der Waals surface area (Å²) < 4.78 is 1.41. The monoisotopic (exact) mass is 480 g/mol. The Kier molecular flexibility index (Phi) is 8.52. The number of hydrogen-bond acceptors (Lipinski definition) is 6. The summed E-state index contributed by atoms with van der Waals surface area (Å²) in [6.07, 6.45) is 5.03. The molecule has 0 aliphatic rings. The molecule has 0 radical (unpaired) electrons. The van der Waals surface area contributed by atoms with E-state index in [-0.39, 0.29) is 24.6 Å². The van der Waals surface area contributed by atoms with Crippen molar-refractivity contribution in [1.82, 2.24) is 24.8 Å². The number of hydrogen-bond donors (Lipinski definition) is 4. The lowest BCUT2D eigenvalue weighted by Gasteiger charge is -2.17. The van der Waals surface area contributed by atoms with Crippen molar-refractivity contribution in [2.45, 2.75) is 25.4 Å². The van der Waals surface area contributed by atoms with E-state index < -0.39 is 30.0 Å². The van der Waals surface area contributed by atoms with Gasteiger partial charge in [0.05, 0.1) is 17.6 Å². The third-order valence-corrected chi connectivity index (χ3v) is 5.16. The van der Waals surface area contributed by atoms with Crippen LogP contribution < -0.4 is 16.2 Å². The molecule has 11 nitrogen and oxygen atoms in total. The van der Waals surface area contributed by atoms with Crippen molar-refractivity contribution in [3.63, 3.8) is 0 Å². The normalized spacial score (nSPS) is 12.0. The fourth-order valence-corrected chi connectivity index (χ4v) is 3.32. The molecule has 1 unspecified atom stereocenters. The highest BCUT2D eigenvalue weighted by molar-refractivity contribution is 5.97. The number of benzene rings is 1. The minimum absolute atomic E-state index is 0.0372. The topological polar surface area (TPSA) is 149 Å². The first-order chi connectivity index (χ1) is 16.8. The number of para-hydroxylation sites is 2. The van der Waals surface area contributed by atoms with Gasteiger partial charge in [0.2, 0.25) is 17.7 Å². The summed E-state index contributed by atoms with van der Waals surface area (Å²) >= 11 is 0. The Morgan fingerprint density at radius 2 is 1.97 bits per heavy atom. The quantitative estimate of drug-likeness (QED) is 0.313. The maximum atomic E-state index is 13.0. The zero-order chi connectivity index (χ0) is 25.4. The highest BCUT2D eigenvalue weighted by Crippen LogP contribution is 2.11. The third-order valence-electron chi connectivity index (χ3n) is 5.16. The molecule has 11 heteroatoms. The molecule has 0 saturated heterocycles. The fourth-order valence-electron chi connectivity index (χ4n) is 3.32. The number of aromatic amines is 1. The molecule has 0 fully saturated rings. The number of pyridine rings is 1. The van der Waals surface area contributed by atoms with Crippen LogP contribution in [-0.4, -0.2) is 69.0 Å². The van der Waals surface area contributed by atoms with Gasteiger partial charge in [-0.3, -0.25) is 19.2 Å². The van der Waals surface area contributed by atoms with E-state index in [2.05, 4.69) is 20.6 Å². The summed E-state index contributed by atoms with van der Waals surface area (Å²) in [5.41, 5.74) is 1.23. The Hall–Kier alpha value is -4.25. The number of aliphatic hydroxyl groups excluding tert-OH is 1. The van der Waals surface area contributed by atoms with E-state index in [1.165, 1.54) is 21.6 Å². The van der Waals surface area contributed by atoms with Gasteiger partial charge in [-0.1, -0.05) is 18.2 Å². The number of amides is 3. The van der Waals surface area contributed by atoms with E-state index in [1.54, 1.807) is 32.4 Å². The third kappa shape index (κ3) is 6.87. The summed E-state index contributed by atoms with van der Waals surface area (Å²) in [7, 11) is 3.23. The number of carbonyl (C=O) groups is 3. The van der Waals surface area contributed by atoms with Gasteiger partial charge in [0, 0.05) is 20.3 Å². The van der Waals surface area contributed by atoms with Crippen LogP contribution in [0, 0.1) is 0 Å². The Labute approximate surface area is 201 Å². The summed E-state index contributed by atoms with van der Waals surface area (Å²) in [6, 6.07) is 9.58. The molecule has 1 atom stereocenters. The average molecular weight is 481 g/mol. The smallest absolute Gasteiger partial charge is 0.274 e. The Balaban J connectivity index is 1.71. The second-order valence-electron chi connectivity index (χ2n) is 8.04. The fraction of sp³-hybridized carbons (Fsp3) is 0.292. The van der Waals surface area contributed by atoms with Crippen molar-refractivity contribution < 1.29 is 19.5 Å². The number of rotatable bonds is 10. The standard InChI is InChI=1S/C24H28N6O5/c1-29(2)22(33)12-6-5-10-18(27-21(32)15-31)23(34)28-19-11-7-13-30(24(19)35)14-20-25-16-8-3-4-9-17(16)26-20/h3-4,6-9,11-13,18,31H,5,10,14-15H2,1-2H3,(H,25,26)(H,27,32)(H,28,34). The van der Waals surface area contributed by atoms with Gasteiger partial charge in [0.25, 0.3) is 5.56 Å². The highest BCUT2D eigenvalue weighted by atomic mass is 16.3. The van der Waals surface area contributed by atoms with E-state index in [0.717, 1.165) is 11.0 Å². The lowest BCUT2D eigenvalue weighted by molar-refractivity contribution is -0.128. The molecule has 0 spiro atoms. The molecule has 0 saturated carbocycles. The number of carbonyl (C=O) groups excluding carboxylic acids is 3. The molecular formula is C24H28N6O5. The van der Waals surface area contributed by atoms with Crippen molar-refractivity contribution in [2.24, 2.45) is 0 Å². The number of nitrogens with one attached hydrogen (secondary N) is 3. The van der Waals surface area contributed by atoms with Crippen LogP contribution >= 0.6 is 0 Å². The van der Waals surface area contributed by atoms with Gasteiger partial charge >= 0.3 is 0 Å². The average Bonchev–Trinajstić information content (AvgIpc) is 3.25. The van der Waals surface area contributed by atoms with Crippen LogP contribution in [-0.2, 0) is 20.9 Å². The minimum Gasteiger partial charge on any atom is -0.387 e. The lowest BCUT2D eigenvalue weighted by Crippen LogP contribution is -2.45. The number of aliphatic hydroxyl groups is 1. The van der Waals surface area contributed by atoms with E-state index in [4.69, 9.17) is 5.11 Å². The molecule has 184 valence electrons. The molecule has 3 amide bonds. The van der Waals surface area contributed by atoms with Gasteiger partial charge in [-0.15, -0.1) is 0 Å². The van der Waals surface area contributed by atoms with Crippen LogP contribution in [0.25, 0.3) is 11.0 Å². The van der Waals surface area contributed by atoms with Crippen LogP contribution in [0.3, 0.4) is 0 Å². The van der Waals surface area contributed by atoms with E-state index >= 15 is 0 Å². The van der Waals surface area contributed by atoms with Gasteiger partial charge in [-0.25, -0.2) is 4.98 Å². The van der Waals surface area contributed by atoms with Gasteiger partial charge in [0.15, 0.2) is 0 Å². The zero-order valence-electron chi connectivity index (χ0n) is 19.5. The van der Waals surface area contributed by atoms with Crippen molar-refractivity contribution in [2.75, 3.05) is 26.0 Å². The summed E-state index contributed by atoms with van der Waals surface area (Å²) in [4.78, 5) is 58.2. The van der Waals surface area contributed by atoms with Crippen LogP contribution in [0.1, 0.15) is 18.7 Å². The minimum atomic E-state index is -1.02. The van der Waals surface area contributed by atoms with E-state index in [0.29, 0.717) is 12.2 Å². The number of fused-ring (bicyclic) bond motifs is 1. The van der Waals surface area contributed by atoms with Crippen LogP contribution in [0.15, 0.2) is 59.5 Å². The second-order valence-corrected chi connectivity index (χ2v) is 8.04. The largest absolute Gasteiger partial charge is 0.387 e. The number of H-pyrrole nitrogens is 1. The predicted molar refractivity (Wildman–Crippen MR) is 131 cm³/mol. The zero-order valence-corrected chi connectivity index (χ0v) is 19.5. The molecule has 35 heavy (non-hydrogen) atoms. The first kappa shape index (κ1) is 25.4. The number of nitrogens with zero attached hydrogens (tertiary/aromatic N) is 3. The first-order valence-electron chi connectivity index (χ1n) is 11.0. The van der Waals surface area contributed by atoms with E-state index in [1.807, 2.05) is 24.3 Å². The van der Waals surface area contributed by atoms with Crippen molar-refractivity contribution in [1.29, 1.82) is 0 Å². The van der Waals surface area contributed by atoms with Crippen molar-refractivity contribution >= 4 is 34.4 Å². The number of anilines is 1. The van der Waals surface area contributed by atoms with Gasteiger partial charge < -0.3 is 30.2 Å². The van der Waals surface area contributed by atoms with Crippen LogP contribution in [0.2, 0.25) is 0 Å². The van der Waals surface area contributed by atoms with Crippen molar-refractivity contribution in [3.8, 4) is 0 Å². The highest BCUT2D eigenvalue weighted by Gasteiger charge is 2.21. The molecular weight excluding hydrogens is 452 g/mol. The maximum Gasteiger partial charge on any atom is 0.274 e. The Morgan fingerprint density at radius 3 is 2.69 bits per heavy atom. The molecule has 0 bridgehead atoms. The molecule has 3 aromatic rings. The summed E-state index contributed by atoms with van der Waals surface area (Å²) in [5, 5.41) is 14.1. The van der Waals surface area contributed by atoms with Crippen LogP contribution in [0.5, 0.6) is 0 Å². The second kappa shape index (κ2) is 11.7. The molecule has 4 N–H and O–H groups in total. The summed E-state index contributed by atoms with van der Waals surface area (Å²) in [5.74, 6) is -0.963. The molecule has 0 aliphatic heterocycles. The predicted octanol–water partition coefficient (Wildman–Crippen LogP) is 0.613. The number of aromatic nitrogens is 3. The first-order valence-corrected chi connectivity index (χ1v) is 11.0. The van der Waals surface area contributed by atoms with Crippen LogP contribution in [0.4, 0.5) is 5.69 Å². The molecule has 1 aromatic carbocycles. The summed E-state index contributed by atoms with van der Waals surface area (Å²) in [6.45, 7) is -0.610. The lowest BCUT2D eigenvalue weighted by atomic mass is 10.1. The number of imidazole rings is 1. The van der Waals surface area contributed by atoms with Gasteiger partial charge in [-0.2, -0.15) is 0 Å². The Morgan fingerprint density at radius 1 is 1.20 bits per heavy atom. The Bertz CT molecular complexity index is 1260. The number of likely N-dealkylation sites (N-methyl/N-ethyl adjacent to an activating group) is 1. The van der Waals surface area contributed by atoms with Crippen molar-refractivity contribution in [3.05, 3.63) is 70.9 Å². The van der Waals surface area contributed by atoms with Gasteiger partial charge in [0.1, 0.15) is 24.2 Å². The van der Waals surface area contributed by atoms with E-state index in [9.17, 15) is 19.2 Å². The SMILES string of the molecule is CN(C)C(=O)C=CCCC(NC(=O)CO)C(=O)Nc1cccn(Cc2nc3ccccc3[nH]2)c1=O. The maximum absolute atomic E-state index is 13.0. The molecule has 2 heterocycles. The number of allylic oxidation sites excluding steroid dienone is 1. The molecule has 3 rings (SSSR count).